The van der Waals surface area contributed by atoms with Crippen LogP contribution in [0.5, 0.6) is 0 Å². The van der Waals surface area contributed by atoms with E-state index in [1.54, 1.807) is 6.20 Å². The van der Waals surface area contributed by atoms with E-state index in [0.717, 1.165) is 22.7 Å². The van der Waals surface area contributed by atoms with Crippen LogP contribution >= 0.6 is 0 Å². The van der Waals surface area contributed by atoms with Crippen molar-refractivity contribution in [3.05, 3.63) is 41.6 Å². The summed E-state index contributed by atoms with van der Waals surface area (Å²) in [5.74, 6) is 0.839. The predicted octanol–water partition coefficient (Wildman–Crippen LogP) is 1.69. The van der Waals surface area contributed by atoms with E-state index in [4.69, 9.17) is 0 Å². The Morgan fingerprint density at radius 3 is 2.84 bits per heavy atom. The first kappa shape index (κ1) is 11.7. The van der Waals surface area contributed by atoms with Crippen LogP contribution in [0.25, 0.3) is 5.52 Å². The summed E-state index contributed by atoms with van der Waals surface area (Å²) in [6.45, 7) is 4.69. The second kappa shape index (κ2) is 4.38. The highest BCUT2D eigenvalue weighted by atomic mass is 15.3. The molecule has 98 valence electrons. The van der Waals surface area contributed by atoms with Gasteiger partial charge in [-0.25, -0.2) is 9.50 Å². The monoisotopic (exact) mass is 256 g/mol. The fraction of sp³-hybridized carbons (Fsp3) is 0.308. The first-order valence-electron chi connectivity index (χ1n) is 6.17. The Balaban J connectivity index is 1.87. The molecule has 0 aromatic carbocycles. The highest BCUT2D eigenvalue weighted by molar-refractivity contribution is 5.67. The molecule has 0 atom stereocenters. The number of aromatic nitrogens is 5. The molecule has 3 heterocycles. The van der Waals surface area contributed by atoms with Gasteiger partial charge < -0.3 is 5.32 Å². The molecule has 3 rings (SSSR count). The van der Waals surface area contributed by atoms with E-state index >= 15 is 0 Å². The zero-order valence-electron chi connectivity index (χ0n) is 11.3. The Kier molecular flexibility index (Phi) is 2.70. The third kappa shape index (κ3) is 2.16. The lowest BCUT2D eigenvalue weighted by Crippen LogP contribution is -2.03. The maximum atomic E-state index is 4.37. The summed E-state index contributed by atoms with van der Waals surface area (Å²) in [7, 11) is 1.93. The van der Waals surface area contributed by atoms with E-state index < -0.39 is 0 Å². The number of rotatable bonds is 3. The van der Waals surface area contributed by atoms with Gasteiger partial charge in [0.2, 0.25) is 0 Å². The quantitative estimate of drug-likeness (QED) is 0.774. The van der Waals surface area contributed by atoms with E-state index in [-0.39, 0.29) is 0 Å². The number of fused-ring (bicyclic) bond motifs is 1. The molecule has 3 aromatic rings. The predicted molar refractivity (Wildman–Crippen MR) is 73.0 cm³/mol. The van der Waals surface area contributed by atoms with Gasteiger partial charge in [-0.2, -0.15) is 10.2 Å². The average molecular weight is 256 g/mol. The van der Waals surface area contributed by atoms with Crippen LogP contribution in [0.1, 0.15) is 17.0 Å². The molecule has 0 amide bonds. The maximum Gasteiger partial charge on any atom is 0.152 e. The second-order valence-corrected chi connectivity index (χ2v) is 4.66. The molecule has 19 heavy (non-hydrogen) atoms. The molecule has 3 aromatic heterocycles. The molecule has 0 fully saturated rings. The van der Waals surface area contributed by atoms with E-state index in [9.17, 15) is 0 Å². The minimum Gasteiger partial charge on any atom is -0.364 e. The molecule has 0 aliphatic rings. The highest BCUT2D eigenvalue weighted by Crippen LogP contribution is 2.16. The van der Waals surface area contributed by atoms with Crippen molar-refractivity contribution in [1.82, 2.24) is 24.4 Å². The number of aryl methyl sites for hydroxylation is 3. The summed E-state index contributed by atoms with van der Waals surface area (Å²) in [6, 6.07) is 2.02. The maximum absolute atomic E-state index is 4.37. The summed E-state index contributed by atoms with van der Waals surface area (Å²) in [5.41, 5.74) is 4.17. The van der Waals surface area contributed by atoms with Gasteiger partial charge in [0.05, 0.1) is 11.4 Å². The first-order valence-corrected chi connectivity index (χ1v) is 6.17. The molecular weight excluding hydrogens is 240 g/mol. The minimum absolute atomic E-state index is 0.705. The van der Waals surface area contributed by atoms with Crippen molar-refractivity contribution in [3.63, 3.8) is 0 Å². The number of anilines is 1. The van der Waals surface area contributed by atoms with Crippen molar-refractivity contribution >= 4 is 11.3 Å². The van der Waals surface area contributed by atoms with Crippen LogP contribution in [0.3, 0.4) is 0 Å². The smallest absolute Gasteiger partial charge is 0.152 e. The van der Waals surface area contributed by atoms with E-state index in [1.165, 1.54) is 5.56 Å². The lowest BCUT2D eigenvalue weighted by molar-refractivity contribution is 0.756. The number of nitrogens with zero attached hydrogens (tertiary/aromatic N) is 5. The molecule has 6 nitrogen and oxygen atoms in total. The fourth-order valence-electron chi connectivity index (χ4n) is 2.18. The highest BCUT2D eigenvalue weighted by Gasteiger charge is 2.07. The normalized spacial score (nSPS) is 11.1. The number of hydrogen-bond donors (Lipinski definition) is 1. The minimum atomic E-state index is 0.705. The van der Waals surface area contributed by atoms with Crippen LogP contribution in [0.15, 0.2) is 24.7 Å². The van der Waals surface area contributed by atoms with Gasteiger partial charge in [-0.05, 0) is 19.9 Å². The molecular formula is C13H16N6. The van der Waals surface area contributed by atoms with Crippen LogP contribution < -0.4 is 5.32 Å². The van der Waals surface area contributed by atoms with Crippen molar-refractivity contribution in [2.45, 2.75) is 20.4 Å². The second-order valence-electron chi connectivity index (χ2n) is 4.66. The van der Waals surface area contributed by atoms with Crippen molar-refractivity contribution in [2.24, 2.45) is 7.05 Å². The molecule has 0 saturated heterocycles. The lowest BCUT2D eigenvalue weighted by Gasteiger charge is -2.05. The Morgan fingerprint density at radius 2 is 2.11 bits per heavy atom. The van der Waals surface area contributed by atoms with Crippen LogP contribution in [0.4, 0.5) is 5.82 Å². The molecule has 0 aliphatic carbocycles. The molecule has 0 saturated carbocycles. The van der Waals surface area contributed by atoms with Gasteiger partial charge in [-0.1, -0.05) is 0 Å². The zero-order chi connectivity index (χ0) is 13.4. The molecule has 0 spiro atoms. The van der Waals surface area contributed by atoms with Crippen molar-refractivity contribution in [2.75, 3.05) is 5.32 Å². The zero-order valence-corrected chi connectivity index (χ0v) is 11.3. The van der Waals surface area contributed by atoms with Crippen LogP contribution in [-0.2, 0) is 13.6 Å². The topological polar surface area (TPSA) is 60.0 Å². The third-order valence-corrected chi connectivity index (χ3v) is 3.07. The van der Waals surface area contributed by atoms with Crippen molar-refractivity contribution in [3.8, 4) is 0 Å². The van der Waals surface area contributed by atoms with Crippen LogP contribution in [-0.4, -0.2) is 24.4 Å². The van der Waals surface area contributed by atoms with Gasteiger partial charge in [0, 0.05) is 37.7 Å². The van der Waals surface area contributed by atoms with E-state index in [0.29, 0.717) is 6.54 Å². The van der Waals surface area contributed by atoms with Crippen molar-refractivity contribution < 1.29 is 0 Å². The molecule has 0 aliphatic heterocycles. The van der Waals surface area contributed by atoms with Gasteiger partial charge in [0.15, 0.2) is 5.82 Å². The van der Waals surface area contributed by atoms with Gasteiger partial charge in [0.25, 0.3) is 0 Å². The first-order chi connectivity index (χ1) is 9.13. The van der Waals surface area contributed by atoms with Gasteiger partial charge >= 0.3 is 0 Å². The van der Waals surface area contributed by atoms with Gasteiger partial charge in [-0.15, -0.1) is 0 Å². The molecule has 0 unspecified atom stereocenters. The van der Waals surface area contributed by atoms with Crippen molar-refractivity contribution in [1.29, 1.82) is 0 Å². The Bertz CT molecular complexity index is 724. The lowest BCUT2D eigenvalue weighted by atomic mass is 10.2. The van der Waals surface area contributed by atoms with E-state index in [1.807, 2.05) is 48.6 Å². The van der Waals surface area contributed by atoms with Gasteiger partial charge in [-0.3, -0.25) is 4.68 Å². The Labute approximate surface area is 111 Å². The molecule has 6 heteroatoms. The number of hydrogen-bond acceptors (Lipinski definition) is 4. The molecule has 0 radical (unpaired) electrons. The Hall–Kier alpha value is -2.37. The fourth-order valence-corrected chi connectivity index (χ4v) is 2.18. The molecule has 1 N–H and O–H groups in total. The van der Waals surface area contributed by atoms with Crippen LogP contribution in [0.2, 0.25) is 0 Å². The van der Waals surface area contributed by atoms with Gasteiger partial charge in [0.1, 0.15) is 5.52 Å². The summed E-state index contributed by atoms with van der Waals surface area (Å²) < 4.78 is 3.66. The SMILES string of the molecule is Cc1cc2c(NCc3cn(C)nc3C)nccn2n1. The largest absolute Gasteiger partial charge is 0.364 e. The summed E-state index contributed by atoms with van der Waals surface area (Å²) in [6.07, 6.45) is 5.62. The Morgan fingerprint density at radius 1 is 1.26 bits per heavy atom. The summed E-state index contributed by atoms with van der Waals surface area (Å²) in [4.78, 5) is 4.37. The van der Waals surface area contributed by atoms with E-state index in [2.05, 4.69) is 20.5 Å². The third-order valence-electron chi connectivity index (χ3n) is 3.07. The summed E-state index contributed by atoms with van der Waals surface area (Å²) in [5, 5.41) is 12.0. The number of nitrogens with one attached hydrogen (secondary N) is 1. The van der Waals surface area contributed by atoms with Crippen LogP contribution in [0, 0.1) is 13.8 Å². The standard InChI is InChI=1S/C13H16N6/c1-9-6-12-13(14-4-5-19(12)16-9)15-7-11-8-18(3)17-10(11)2/h4-6,8H,7H2,1-3H3,(H,14,15). The molecule has 0 bridgehead atoms. The summed E-state index contributed by atoms with van der Waals surface area (Å²) >= 11 is 0. The average Bonchev–Trinajstić information content (AvgIpc) is 2.88.